The lowest BCUT2D eigenvalue weighted by Crippen LogP contribution is -2.28. The molecule has 23 heavy (non-hydrogen) atoms. The number of carbonyl (C=O) groups excluding carboxylic acids is 1. The Morgan fingerprint density at radius 3 is 2.35 bits per heavy atom. The molecule has 0 spiro atoms. The number of esters is 1. The number of nitrogens with one attached hydrogen (secondary N) is 2. The molecule has 138 valence electrons. The molecular formula is C18H38N2O3. The Hall–Kier alpha value is -0.650. The molecule has 5 heteroatoms. The molecule has 1 unspecified atom stereocenters. The summed E-state index contributed by atoms with van der Waals surface area (Å²) < 4.78 is 5.48. The fourth-order valence-electron chi connectivity index (χ4n) is 2.66. The van der Waals surface area contributed by atoms with Gasteiger partial charge in [-0.15, -0.1) is 5.59 Å². The van der Waals surface area contributed by atoms with E-state index in [1.54, 1.807) is 0 Å². The van der Waals surface area contributed by atoms with E-state index in [1.165, 1.54) is 51.4 Å². The van der Waals surface area contributed by atoms with Crippen molar-refractivity contribution in [2.75, 3.05) is 13.2 Å². The number of rotatable bonds is 17. The Labute approximate surface area is 142 Å². The van der Waals surface area contributed by atoms with Gasteiger partial charge in [-0.25, -0.2) is 5.43 Å². The number of carbonyl (C=O) groups is 1. The van der Waals surface area contributed by atoms with Crippen molar-refractivity contribution in [2.24, 2.45) is 5.92 Å². The molecule has 0 aliphatic rings. The normalized spacial score (nSPS) is 12.3. The van der Waals surface area contributed by atoms with E-state index in [0.29, 0.717) is 25.5 Å². The zero-order valence-electron chi connectivity index (χ0n) is 15.2. The lowest BCUT2D eigenvalue weighted by molar-refractivity contribution is -0.145. The Balaban J connectivity index is 3.73. The van der Waals surface area contributed by atoms with Crippen LogP contribution in [0.2, 0.25) is 0 Å². The summed E-state index contributed by atoms with van der Waals surface area (Å²) in [7, 11) is 0. The summed E-state index contributed by atoms with van der Waals surface area (Å²) in [6.45, 7) is 5.73. The zero-order chi connectivity index (χ0) is 17.2. The summed E-state index contributed by atoms with van der Waals surface area (Å²) in [6.07, 6.45) is 13.2. The van der Waals surface area contributed by atoms with Crippen LogP contribution in [0.3, 0.4) is 0 Å². The van der Waals surface area contributed by atoms with E-state index >= 15 is 0 Å². The van der Waals surface area contributed by atoms with E-state index in [1.807, 2.05) is 5.59 Å². The van der Waals surface area contributed by atoms with Gasteiger partial charge in [0, 0.05) is 13.0 Å². The minimum Gasteiger partial charge on any atom is -0.465 e. The molecule has 0 saturated carbocycles. The van der Waals surface area contributed by atoms with Crippen LogP contribution >= 0.6 is 0 Å². The van der Waals surface area contributed by atoms with Gasteiger partial charge in [-0.1, -0.05) is 58.8 Å². The Morgan fingerprint density at radius 1 is 0.957 bits per heavy atom. The summed E-state index contributed by atoms with van der Waals surface area (Å²) in [5.74, 6) is 0.476. The van der Waals surface area contributed by atoms with E-state index in [9.17, 15) is 4.79 Å². The van der Waals surface area contributed by atoms with Gasteiger partial charge in [0.1, 0.15) is 0 Å². The number of hydrogen-bond donors (Lipinski definition) is 3. The van der Waals surface area contributed by atoms with Gasteiger partial charge >= 0.3 is 5.97 Å². The highest BCUT2D eigenvalue weighted by Gasteiger charge is 2.11. The molecule has 3 N–H and O–H groups in total. The molecule has 0 aromatic heterocycles. The van der Waals surface area contributed by atoms with Gasteiger partial charge in [-0.2, -0.15) is 0 Å². The van der Waals surface area contributed by atoms with Crippen LogP contribution < -0.4 is 11.0 Å². The lowest BCUT2D eigenvalue weighted by atomic mass is 9.96. The largest absolute Gasteiger partial charge is 0.465 e. The average Bonchev–Trinajstić information content (AvgIpc) is 2.56. The average molecular weight is 331 g/mol. The highest BCUT2D eigenvalue weighted by molar-refractivity contribution is 5.69. The maximum Gasteiger partial charge on any atom is 0.305 e. The van der Waals surface area contributed by atoms with Crippen molar-refractivity contribution < 1.29 is 14.7 Å². The maximum absolute atomic E-state index is 11.8. The van der Waals surface area contributed by atoms with Gasteiger partial charge < -0.3 is 9.94 Å². The van der Waals surface area contributed by atoms with E-state index < -0.39 is 0 Å². The summed E-state index contributed by atoms with van der Waals surface area (Å²) in [5.41, 5.74) is 4.51. The highest BCUT2D eigenvalue weighted by Crippen LogP contribution is 2.18. The number of unbranched alkanes of at least 4 members (excludes halogenated alkanes) is 6. The number of hydrogen-bond acceptors (Lipinski definition) is 5. The molecule has 0 amide bonds. The third-order valence-electron chi connectivity index (χ3n) is 4.17. The van der Waals surface area contributed by atoms with E-state index in [-0.39, 0.29) is 5.97 Å². The number of ether oxygens (including phenoxy) is 1. The van der Waals surface area contributed by atoms with E-state index in [0.717, 1.165) is 19.3 Å². The van der Waals surface area contributed by atoms with E-state index in [2.05, 4.69) is 19.3 Å². The van der Waals surface area contributed by atoms with Gasteiger partial charge in [0.2, 0.25) is 0 Å². The Bertz CT molecular complexity index is 263. The van der Waals surface area contributed by atoms with Crippen molar-refractivity contribution in [1.82, 2.24) is 11.0 Å². The molecule has 0 aliphatic heterocycles. The first-order valence-corrected chi connectivity index (χ1v) is 9.52. The molecule has 0 bridgehead atoms. The van der Waals surface area contributed by atoms with Crippen molar-refractivity contribution >= 4 is 5.97 Å². The molecule has 0 saturated heterocycles. The molecule has 0 aliphatic carbocycles. The van der Waals surface area contributed by atoms with Crippen LogP contribution in [-0.2, 0) is 9.53 Å². The van der Waals surface area contributed by atoms with Gasteiger partial charge in [0.05, 0.1) is 6.61 Å². The van der Waals surface area contributed by atoms with E-state index in [4.69, 9.17) is 9.94 Å². The van der Waals surface area contributed by atoms with Crippen molar-refractivity contribution in [1.29, 1.82) is 0 Å². The monoisotopic (exact) mass is 330 g/mol. The topological polar surface area (TPSA) is 70.6 Å². The Kier molecular flexibility index (Phi) is 17.2. The predicted octanol–water partition coefficient (Wildman–Crippen LogP) is 4.35. The predicted molar refractivity (Wildman–Crippen MR) is 94.1 cm³/mol. The first-order valence-electron chi connectivity index (χ1n) is 9.52. The Morgan fingerprint density at radius 2 is 1.65 bits per heavy atom. The minimum absolute atomic E-state index is 0.0618. The molecule has 0 radical (unpaired) electrons. The first-order chi connectivity index (χ1) is 11.2. The summed E-state index contributed by atoms with van der Waals surface area (Å²) >= 11 is 0. The van der Waals surface area contributed by atoms with Crippen LogP contribution in [0, 0.1) is 5.92 Å². The van der Waals surface area contributed by atoms with Crippen molar-refractivity contribution in [3.8, 4) is 0 Å². The first kappa shape index (κ1) is 22.4. The van der Waals surface area contributed by atoms with Crippen LogP contribution in [0.25, 0.3) is 0 Å². The second kappa shape index (κ2) is 17.7. The standard InChI is InChI=1S/C18H38N2O3/c1-3-5-7-9-13-17(12-6-4-2)16-23-18(21)14-10-8-11-15-19-20-22/h17,19-20,22H,3-16H2,1-2H3. The molecule has 0 aromatic carbocycles. The maximum atomic E-state index is 11.8. The highest BCUT2D eigenvalue weighted by atomic mass is 16.5. The van der Waals surface area contributed by atoms with Crippen molar-refractivity contribution in [3.63, 3.8) is 0 Å². The second-order valence-electron chi connectivity index (χ2n) is 6.39. The molecule has 0 fully saturated rings. The molecule has 5 nitrogen and oxygen atoms in total. The van der Waals surface area contributed by atoms with Gasteiger partial charge in [0.15, 0.2) is 0 Å². The zero-order valence-corrected chi connectivity index (χ0v) is 15.2. The molecule has 1 atom stereocenters. The van der Waals surface area contributed by atoms with Crippen LogP contribution in [0.4, 0.5) is 0 Å². The third-order valence-corrected chi connectivity index (χ3v) is 4.17. The van der Waals surface area contributed by atoms with Crippen LogP contribution in [0.5, 0.6) is 0 Å². The molecule has 0 rings (SSSR count). The van der Waals surface area contributed by atoms with Crippen molar-refractivity contribution in [3.05, 3.63) is 0 Å². The van der Waals surface area contributed by atoms with Crippen LogP contribution in [0.15, 0.2) is 0 Å². The minimum atomic E-state index is -0.0618. The van der Waals surface area contributed by atoms with Gasteiger partial charge in [-0.05, 0) is 31.6 Å². The van der Waals surface area contributed by atoms with Crippen LogP contribution in [-0.4, -0.2) is 24.3 Å². The molecule has 0 aromatic rings. The summed E-state index contributed by atoms with van der Waals surface area (Å²) in [6, 6.07) is 0. The summed E-state index contributed by atoms with van der Waals surface area (Å²) in [5, 5.41) is 8.35. The molecule has 0 heterocycles. The summed E-state index contributed by atoms with van der Waals surface area (Å²) in [4.78, 5) is 11.8. The smallest absolute Gasteiger partial charge is 0.305 e. The second-order valence-corrected chi connectivity index (χ2v) is 6.39. The quantitative estimate of drug-likeness (QED) is 0.210. The van der Waals surface area contributed by atoms with Gasteiger partial charge in [0.25, 0.3) is 0 Å². The third kappa shape index (κ3) is 16.0. The van der Waals surface area contributed by atoms with Crippen LogP contribution in [0.1, 0.15) is 90.9 Å². The van der Waals surface area contributed by atoms with Gasteiger partial charge in [-0.3, -0.25) is 4.79 Å². The fourth-order valence-corrected chi connectivity index (χ4v) is 2.66. The SMILES string of the molecule is CCCCCCC(CCCC)COC(=O)CCCCCNNO. The lowest BCUT2D eigenvalue weighted by Gasteiger charge is -2.16. The molecular weight excluding hydrogens is 292 g/mol. The van der Waals surface area contributed by atoms with Crippen molar-refractivity contribution in [2.45, 2.75) is 90.9 Å². The number of hydrazine groups is 1. The fraction of sp³-hybridized carbons (Fsp3) is 0.944.